The van der Waals surface area contributed by atoms with Crippen molar-refractivity contribution in [2.45, 2.75) is 39.3 Å². The summed E-state index contributed by atoms with van der Waals surface area (Å²) in [4.78, 5) is 26.9. The van der Waals surface area contributed by atoms with E-state index in [0.29, 0.717) is 5.69 Å². The fourth-order valence-corrected chi connectivity index (χ4v) is 1.93. The molecular weight excluding hydrogens is 268 g/mol. The maximum atomic E-state index is 12.1. The van der Waals surface area contributed by atoms with Crippen molar-refractivity contribution in [3.05, 3.63) is 36.0 Å². The molecule has 2 aromatic rings. The SMILES string of the molecule is CC(OC(=O)c1cc2ccccc2[nH]1)C(=O)NC(C)(C)C. The molecule has 5 nitrogen and oxygen atoms in total. The van der Waals surface area contributed by atoms with Gasteiger partial charge in [-0.3, -0.25) is 4.79 Å². The number of hydrogen-bond donors (Lipinski definition) is 2. The molecule has 1 aromatic carbocycles. The number of carbonyl (C=O) groups is 2. The number of hydrogen-bond acceptors (Lipinski definition) is 3. The van der Waals surface area contributed by atoms with E-state index in [1.807, 2.05) is 45.0 Å². The first-order valence-corrected chi connectivity index (χ1v) is 6.87. The van der Waals surface area contributed by atoms with Gasteiger partial charge in [0.1, 0.15) is 5.69 Å². The minimum Gasteiger partial charge on any atom is -0.448 e. The lowest BCUT2D eigenvalue weighted by atomic mass is 10.1. The summed E-state index contributed by atoms with van der Waals surface area (Å²) in [6, 6.07) is 9.27. The van der Waals surface area contributed by atoms with Crippen molar-refractivity contribution in [2.24, 2.45) is 0 Å². The Kier molecular flexibility index (Phi) is 4.02. The molecule has 1 atom stereocenters. The molecule has 0 aliphatic carbocycles. The van der Waals surface area contributed by atoms with Gasteiger partial charge in [0, 0.05) is 16.4 Å². The van der Waals surface area contributed by atoms with Crippen LogP contribution in [-0.4, -0.2) is 28.5 Å². The second kappa shape index (κ2) is 5.60. The Labute approximate surface area is 123 Å². The second-order valence-electron chi connectivity index (χ2n) is 6.06. The van der Waals surface area contributed by atoms with E-state index in [4.69, 9.17) is 4.74 Å². The van der Waals surface area contributed by atoms with Gasteiger partial charge < -0.3 is 15.0 Å². The topological polar surface area (TPSA) is 71.2 Å². The number of carbonyl (C=O) groups excluding carboxylic acids is 2. The maximum absolute atomic E-state index is 12.1. The minimum absolute atomic E-state index is 0.313. The molecule has 1 heterocycles. The van der Waals surface area contributed by atoms with Gasteiger partial charge in [-0.25, -0.2) is 4.79 Å². The standard InChI is InChI=1S/C16H20N2O3/c1-10(14(19)18-16(2,3)4)21-15(20)13-9-11-7-5-6-8-12(11)17-13/h5-10,17H,1-4H3,(H,18,19). The van der Waals surface area contributed by atoms with Gasteiger partial charge >= 0.3 is 5.97 Å². The highest BCUT2D eigenvalue weighted by molar-refractivity contribution is 5.96. The lowest BCUT2D eigenvalue weighted by Crippen LogP contribution is -2.46. The summed E-state index contributed by atoms with van der Waals surface area (Å²) in [6.07, 6.45) is -0.844. The summed E-state index contributed by atoms with van der Waals surface area (Å²) >= 11 is 0. The summed E-state index contributed by atoms with van der Waals surface area (Å²) in [5.74, 6) is -0.852. The van der Waals surface area contributed by atoms with E-state index in [-0.39, 0.29) is 11.4 Å². The largest absolute Gasteiger partial charge is 0.448 e. The van der Waals surface area contributed by atoms with Crippen molar-refractivity contribution in [1.29, 1.82) is 0 Å². The number of rotatable bonds is 3. The number of H-pyrrole nitrogens is 1. The van der Waals surface area contributed by atoms with Crippen molar-refractivity contribution in [3.63, 3.8) is 0 Å². The van der Waals surface area contributed by atoms with E-state index >= 15 is 0 Å². The third-order valence-corrected chi connectivity index (χ3v) is 2.90. The number of benzene rings is 1. The summed E-state index contributed by atoms with van der Waals surface area (Å²) in [5.41, 5.74) is 0.835. The Hall–Kier alpha value is -2.30. The Morgan fingerprint density at radius 3 is 2.52 bits per heavy atom. The second-order valence-corrected chi connectivity index (χ2v) is 6.06. The van der Waals surface area contributed by atoms with Crippen LogP contribution in [0.15, 0.2) is 30.3 Å². The van der Waals surface area contributed by atoms with Crippen LogP contribution in [0.3, 0.4) is 0 Å². The average molecular weight is 288 g/mol. The number of esters is 1. The normalized spacial score (nSPS) is 13.0. The van der Waals surface area contributed by atoms with Crippen LogP contribution in [0.1, 0.15) is 38.2 Å². The molecule has 0 bridgehead atoms. The molecule has 0 radical (unpaired) electrons. The van der Waals surface area contributed by atoms with Gasteiger partial charge in [0.2, 0.25) is 0 Å². The number of aromatic nitrogens is 1. The van der Waals surface area contributed by atoms with Gasteiger partial charge in [0.25, 0.3) is 5.91 Å². The van der Waals surface area contributed by atoms with E-state index in [1.165, 1.54) is 0 Å². The third kappa shape index (κ3) is 3.84. The average Bonchev–Trinajstić information content (AvgIpc) is 2.80. The number of nitrogens with one attached hydrogen (secondary N) is 2. The molecule has 112 valence electrons. The van der Waals surface area contributed by atoms with E-state index in [0.717, 1.165) is 10.9 Å². The van der Waals surface area contributed by atoms with Crippen LogP contribution in [0.4, 0.5) is 0 Å². The zero-order chi connectivity index (χ0) is 15.6. The van der Waals surface area contributed by atoms with Gasteiger partial charge in [-0.1, -0.05) is 18.2 Å². The highest BCUT2D eigenvalue weighted by Gasteiger charge is 2.23. The first-order valence-electron chi connectivity index (χ1n) is 6.87. The van der Waals surface area contributed by atoms with Crippen molar-refractivity contribution < 1.29 is 14.3 Å². The van der Waals surface area contributed by atoms with Gasteiger partial charge in [0.05, 0.1) is 0 Å². The predicted octanol–water partition coefficient (Wildman–Crippen LogP) is 2.63. The van der Waals surface area contributed by atoms with Crippen LogP contribution in [-0.2, 0) is 9.53 Å². The molecule has 1 unspecified atom stereocenters. The van der Waals surface area contributed by atoms with E-state index in [2.05, 4.69) is 10.3 Å². The molecule has 2 N–H and O–H groups in total. The summed E-state index contributed by atoms with van der Waals surface area (Å²) in [7, 11) is 0. The monoisotopic (exact) mass is 288 g/mol. The molecule has 0 aliphatic heterocycles. The first kappa shape index (κ1) is 15.1. The molecule has 0 aliphatic rings. The van der Waals surface area contributed by atoms with Crippen LogP contribution in [0, 0.1) is 0 Å². The molecule has 0 saturated heterocycles. The molecule has 1 aromatic heterocycles. The summed E-state index contributed by atoms with van der Waals surface area (Å²) in [6.45, 7) is 7.17. The third-order valence-electron chi connectivity index (χ3n) is 2.90. The fraction of sp³-hybridized carbons (Fsp3) is 0.375. The van der Waals surface area contributed by atoms with Crippen LogP contribution < -0.4 is 5.32 Å². The maximum Gasteiger partial charge on any atom is 0.355 e. The molecule has 0 spiro atoms. The lowest BCUT2D eigenvalue weighted by molar-refractivity contribution is -0.130. The molecule has 21 heavy (non-hydrogen) atoms. The quantitative estimate of drug-likeness (QED) is 0.853. The van der Waals surface area contributed by atoms with Crippen LogP contribution in [0.25, 0.3) is 10.9 Å². The summed E-state index contributed by atoms with van der Waals surface area (Å²) < 4.78 is 5.19. The van der Waals surface area contributed by atoms with Crippen LogP contribution in [0.5, 0.6) is 0 Å². The zero-order valence-electron chi connectivity index (χ0n) is 12.7. The Morgan fingerprint density at radius 2 is 1.90 bits per heavy atom. The lowest BCUT2D eigenvalue weighted by Gasteiger charge is -2.23. The van der Waals surface area contributed by atoms with Gasteiger partial charge in [-0.2, -0.15) is 0 Å². The molecule has 0 fully saturated rings. The van der Waals surface area contributed by atoms with Crippen LogP contribution >= 0.6 is 0 Å². The number of para-hydroxylation sites is 1. The molecule has 1 amide bonds. The van der Waals surface area contributed by atoms with Crippen molar-refractivity contribution in [3.8, 4) is 0 Å². The van der Waals surface area contributed by atoms with Gasteiger partial charge in [-0.05, 0) is 39.8 Å². The minimum atomic E-state index is -0.844. The molecular formula is C16H20N2O3. The van der Waals surface area contributed by atoms with Gasteiger partial charge in [-0.15, -0.1) is 0 Å². The Bertz CT molecular complexity index is 634. The first-order chi connectivity index (χ1) is 9.76. The smallest absolute Gasteiger partial charge is 0.355 e. The Balaban J connectivity index is 2.05. The Morgan fingerprint density at radius 1 is 1.24 bits per heavy atom. The fourth-order valence-electron chi connectivity index (χ4n) is 1.93. The van der Waals surface area contributed by atoms with E-state index < -0.39 is 12.1 Å². The van der Waals surface area contributed by atoms with Crippen molar-refractivity contribution in [1.82, 2.24) is 10.3 Å². The van der Waals surface area contributed by atoms with Crippen molar-refractivity contribution >= 4 is 22.8 Å². The molecule has 2 rings (SSSR count). The number of aromatic amines is 1. The van der Waals surface area contributed by atoms with Crippen LogP contribution in [0.2, 0.25) is 0 Å². The number of amides is 1. The van der Waals surface area contributed by atoms with Crippen molar-refractivity contribution in [2.75, 3.05) is 0 Å². The number of ether oxygens (including phenoxy) is 1. The zero-order valence-corrected chi connectivity index (χ0v) is 12.7. The van der Waals surface area contributed by atoms with Gasteiger partial charge in [0.15, 0.2) is 6.10 Å². The van der Waals surface area contributed by atoms with E-state index in [9.17, 15) is 9.59 Å². The highest BCUT2D eigenvalue weighted by atomic mass is 16.5. The molecule has 5 heteroatoms. The highest BCUT2D eigenvalue weighted by Crippen LogP contribution is 2.15. The number of fused-ring (bicyclic) bond motifs is 1. The van der Waals surface area contributed by atoms with E-state index in [1.54, 1.807) is 13.0 Å². The predicted molar refractivity (Wildman–Crippen MR) is 81.1 cm³/mol. The summed E-state index contributed by atoms with van der Waals surface area (Å²) in [5, 5.41) is 3.70. The molecule has 0 saturated carbocycles.